The van der Waals surface area contributed by atoms with Crippen molar-refractivity contribution in [2.75, 3.05) is 16.0 Å². The number of fused-ring (bicyclic) bond motifs is 1. The van der Waals surface area contributed by atoms with Crippen LogP contribution < -0.4 is 16.0 Å². The normalized spacial score (nSPS) is 15.2. The van der Waals surface area contributed by atoms with Crippen LogP contribution in [0.1, 0.15) is 28.5 Å². The van der Waals surface area contributed by atoms with Crippen LogP contribution in [0.2, 0.25) is 0 Å². The second kappa shape index (κ2) is 7.59. The topological polar surface area (TPSA) is 100 Å². The molecule has 1 aliphatic heterocycles. The van der Waals surface area contributed by atoms with Gasteiger partial charge in [0.1, 0.15) is 5.82 Å². The molecule has 1 aromatic heterocycles. The number of amides is 3. The van der Waals surface area contributed by atoms with E-state index in [1.165, 1.54) is 24.5 Å². The number of hydrogen-bond acceptors (Lipinski definition) is 4. The van der Waals surface area contributed by atoms with Crippen molar-refractivity contribution >= 4 is 34.8 Å². The van der Waals surface area contributed by atoms with Crippen molar-refractivity contribution in [3.05, 3.63) is 78.0 Å². The Balaban J connectivity index is 1.45. The van der Waals surface area contributed by atoms with E-state index in [0.717, 1.165) is 0 Å². The molecule has 2 heterocycles. The third-order valence-corrected chi connectivity index (χ3v) is 4.53. The van der Waals surface area contributed by atoms with Crippen molar-refractivity contribution in [3.8, 4) is 0 Å². The molecule has 2 aromatic carbocycles. The van der Waals surface area contributed by atoms with Crippen LogP contribution in [-0.2, 0) is 9.59 Å². The first-order valence-corrected chi connectivity index (χ1v) is 8.85. The van der Waals surface area contributed by atoms with Crippen LogP contribution in [0, 0.1) is 5.82 Å². The number of nitrogens with one attached hydrogen (secondary N) is 3. The van der Waals surface area contributed by atoms with Crippen molar-refractivity contribution in [1.29, 1.82) is 0 Å². The van der Waals surface area contributed by atoms with Crippen molar-refractivity contribution in [2.24, 2.45) is 0 Å². The molecule has 0 aliphatic carbocycles. The van der Waals surface area contributed by atoms with E-state index in [1.54, 1.807) is 36.4 Å². The first kappa shape index (κ1) is 18.4. The SMILES string of the molecule is O=C1CC(C(=O)Nc2ccc(NC(=O)c3ccco3)cc2)c2ccc(F)cc2N1. The summed E-state index contributed by atoms with van der Waals surface area (Å²) in [6, 6.07) is 13.6. The lowest BCUT2D eigenvalue weighted by molar-refractivity contribution is -0.123. The fraction of sp³-hybridized carbons (Fsp3) is 0.0952. The number of carbonyl (C=O) groups excluding carboxylic acids is 3. The van der Waals surface area contributed by atoms with Crippen LogP contribution in [0.3, 0.4) is 0 Å². The lowest BCUT2D eigenvalue weighted by Crippen LogP contribution is -2.30. The van der Waals surface area contributed by atoms with E-state index < -0.39 is 11.7 Å². The first-order valence-electron chi connectivity index (χ1n) is 8.85. The number of halogens is 1. The monoisotopic (exact) mass is 393 g/mol. The number of hydrogen-bond donors (Lipinski definition) is 3. The number of anilines is 3. The molecule has 7 nitrogen and oxygen atoms in total. The number of benzene rings is 2. The van der Waals surface area contributed by atoms with E-state index >= 15 is 0 Å². The molecule has 0 bridgehead atoms. The summed E-state index contributed by atoms with van der Waals surface area (Å²) in [5, 5.41) is 8.01. The summed E-state index contributed by atoms with van der Waals surface area (Å²) < 4.78 is 18.5. The second-order valence-electron chi connectivity index (χ2n) is 6.53. The van der Waals surface area contributed by atoms with Gasteiger partial charge in [0.25, 0.3) is 5.91 Å². The van der Waals surface area contributed by atoms with Gasteiger partial charge in [-0.1, -0.05) is 6.07 Å². The third kappa shape index (κ3) is 4.01. The Kier molecular flexibility index (Phi) is 4.82. The van der Waals surface area contributed by atoms with Crippen LogP contribution >= 0.6 is 0 Å². The zero-order valence-electron chi connectivity index (χ0n) is 15.1. The molecular weight excluding hydrogens is 377 g/mol. The highest BCUT2D eigenvalue weighted by Gasteiger charge is 2.31. The molecule has 0 radical (unpaired) electrons. The molecule has 8 heteroatoms. The molecule has 146 valence electrons. The van der Waals surface area contributed by atoms with E-state index in [2.05, 4.69) is 16.0 Å². The Bertz CT molecular complexity index is 1080. The highest BCUT2D eigenvalue weighted by atomic mass is 19.1. The van der Waals surface area contributed by atoms with Crippen LogP contribution in [0.4, 0.5) is 21.5 Å². The zero-order valence-corrected chi connectivity index (χ0v) is 15.1. The molecule has 0 saturated heterocycles. The van der Waals surface area contributed by atoms with E-state index in [0.29, 0.717) is 22.6 Å². The van der Waals surface area contributed by atoms with Gasteiger partial charge in [-0.3, -0.25) is 14.4 Å². The highest BCUT2D eigenvalue weighted by Crippen LogP contribution is 2.33. The predicted octanol–water partition coefficient (Wildman–Crippen LogP) is 3.74. The first-order chi connectivity index (χ1) is 14.0. The van der Waals surface area contributed by atoms with Gasteiger partial charge in [0.15, 0.2) is 5.76 Å². The average Bonchev–Trinajstić information content (AvgIpc) is 3.23. The molecule has 1 aliphatic rings. The summed E-state index contributed by atoms with van der Waals surface area (Å²) >= 11 is 0. The molecule has 29 heavy (non-hydrogen) atoms. The Hall–Kier alpha value is -3.94. The smallest absolute Gasteiger partial charge is 0.291 e. The van der Waals surface area contributed by atoms with E-state index in [1.807, 2.05) is 0 Å². The second-order valence-corrected chi connectivity index (χ2v) is 6.53. The summed E-state index contributed by atoms with van der Waals surface area (Å²) in [4.78, 5) is 36.6. The highest BCUT2D eigenvalue weighted by molar-refractivity contribution is 6.05. The standard InChI is InChI=1S/C21H16FN3O4/c22-12-3-8-15-16(11-19(26)25-17(15)10-12)20(27)23-13-4-6-14(7-5-13)24-21(28)18-2-1-9-29-18/h1-10,16H,11H2,(H,23,27)(H,24,28)(H,25,26). The maximum atomic E-state index is 13.4. The van der Waals surface area contributed by atoms with Gasteiger partial charge < -0.3 is 20.4 Å². The van der Waals surface area contributed by atoms with Gasteiger partial charge in [-0.25, -0.2) is 4.39 Å². The van der Waals surface area contributed by atoms with Crippen LogP contribution in [0.15, 0.2) is 65.3 Å². The minimum Gasteiger partial charge on any atom is -0.459 e. The molecule has 3 N–H and O–H groups in total. The lowest BCUT2D eigenvalue weighted by atomic mass is 9.89. The van der Waals surface area contributed by atoms with Gasteiger partial charge in [-0.2, -0.15) is 0 Å². The van der Waals surface area contributed by atoms with Gasteiger partial charge in [-0.15, -0.1) is 0 Å². The van der Waals surface area contributed by atoms with Crippen molar-refractivity contribution in [3.63, 3.8) is 0 Å². The maximum absolute atomic E-state index is 13.4. The molecule has 1 atom stereocenters. The molecule has 0 fully saturated rings. The fourth-order valence-electron chi connectivity index (χ4n) is 3.14. The average molecular weight is 393 g/mol. The van der Waals surface area contributed by atoms with Gasteiger partial charge in [0, 0.05) is 23.5 Å². The molecule has 3 amide bonds. The molecule has 3 aromatic rings. The third-order valence-electron chi connectivity index (χ3n) is 4.53. The minimum absolute atomic E-state index is 0.0260. The maximum Gasteiger partial charge on any atom is 0.291 e. The van der Waals surface area contributed by atoms with Crippen LogP contribution in [0.25, 0.3) is 0 Å². The summed E-state index contributed by atoms with van der Waals surface area (Å²) in [5.74, 6) is -2.13. The van der Waals surface area contributed by atoms with Crippen LogP contribution in [0.5, 0.6) is 0 Å². The summed E-state index contributed by atoms with van der Waals surface area (Å²) in [5.41, 5.74) is 1.89. The van der Waals surface area contributed by atoms with E-state index in [-0.39, 0.29) is 29.9 Å². The van der Waals surface area contributed by atoms with Gasteiger partial charge in [-0.05, 0) is 54.1 Å². The summed E-state index contributed by atoms with van der Waals surface area (Å²) in [6.07, 6.45) is 1.38. The molecule has 0 saturated carbocycles. The Morgan fingerprint density at radius 1 is 1.03 bits per heavy atom. The Morgan fingerprint density at radius 2 is 1.76 bits per heavy atom. The molecule has 1 unspecified atom stereocenters. The number of furan rings is 1. The van der Waals surface area contributed by atoms with Crippen LogP contribution in [-0.4, -0.2) is 17.7 Å². The minimum atomic E-state index is -0.724. The summed E-state index contributed by atoms with van der Waals surface area (Å²) in [6.45, 7) is 0. The predicted molar refractivity (Wildman–Crippen MR) is 104 cm³/mol. The van der Waals surface area contributed by atoms with Gasteiger partial charge >= 0.3 is 0 Å². The van der Waals surface area contributed by atoms with E-state index in [4.69, 9.17) is 4.42 Å². The quantitative estimate of drug-likeness (QED) is 0.629. The fourth-order valence-corrected chi connectivity index (χ4v) is 3.14. The van der Waals surface area contributed by atoms with Gasteiger partial charge in [0.05, 0.1) is 12.2 Å². The Morgan fingerprint density at radius 3 is 2.45 bits per heavy atom. The largest absolute Gasteiger partial charge is 0.459 e. The Labute approximate surface area is 164 Å². The molecule has 4 rings (SSSR count). The number of carbonyl (C=O) groups is 3. The summed E-state index contributed by atoms with van der Waals surface area (Å²) in [7, 11) is 0. The van der Waals surface area contributed by atoms with E-state index in [9.17, 15) is 18.8 Å². The molecule has 0 spiro atoms. The van der Waals surface area contributed by atoms with Crippen molar-refractivity contribution in [2.45, 2.75) is 12.3 Å². The molecular formula is C21H16FN3O4. The lowest BCUT2D eigenvalue weighted by Gasteiger charge is -2.25. The zero-order chi connectivity index (χ0) is 20.4. The van der Waals surface area contributed by atoms with Gasteiger partial charge in [0.2, 0.25) is 11.8 Å². The number of rotatable bonds is 4. The van der Waals surface area contributed by atoms with Crippen molar-refractivity contribution < 1.29 is 23.2 Å². The van der Waals surface area contributed by atoms with Crippen molar-refractivity contribution in [1.82, 2.24) is 0 Å².